The molecule has 17 heavy (non-hydrogen) atoms. The van der Waals surface area contributed by atoms with Crippen LogP contribution in [0.15, 0.2) is 29.2 Å². The lowest BCUT2D eigenvalue weighted by atomic mass is 10.1. The Hall–Kier alpha value is -2.30. The lowest BCUT2D eigenvalue weighted by Gasteiger charge is -2.14. The standard InChI is InChI=1S/C12H12N2O3/c1-14(2)9-5-3-4-8-10(9)11(15)7(6-13-8)12(16)17/h3-6H,1-2H3,(H,13,15)(H,16,17). The first kappa shape index (κ1) is 11.2. The van der Waals surface area contributed by atoms with Crippen LogP contribution in [0.25, 0.3) is 10.9 Å². The number of aromatic amines is 1. The highest BCUT2D eigenvalue weighted by Gasteiger charge is 2.14. The molecular formula is C12H12N2O3. The zero-order valence-electron chi connectivity index (χ0n) is 9.52. The number of aromatic nitrogens is 1. The van der Waals surface area contributed by atoms with Crippen molar-refractivity contribution in [3.8, 4) is 0 Å². The van der Waals surface area contributed by atoms with Crippen LogP contribution in [0, 0.1) is 0 Å². The Labute approximate surface area is 97.3 Å². The van der Waals surface area contributed by atoms with Crippen molar-refractivity contribution in [3.05, 3.63) is 40.2 Å². The van der Waals surface area contributed by atoms with Gasteiger partial charge in [-0.25, -0.2) is 4.79 Å². The van der Waals surface area contributed by atoms with Crippen LogP contribution in [-0.2, 0) is 0 Å². The minimum atomic E-state index is -1.22. The first-order chi connectivity index (χ1) is 8.02. The van der Waals surface area contributed by atoms with Gasteiger partial charge in [0.25, 0.3) is 0 Å². The van der Waals surface area contributed by atoms with Crippen molar-refractivity contribution < 1.29 is 9.90 Å². The highest BCUT2D eigenvalue weighted by atomic mass is 16.4. The van der Waals surface area contributed by atoms with Gasteiger partial charge >= 0.3 is 5.97 Å². The normalized spacial score (nSPS) is 10.5. The van der Waals surface area contributed by atoms with Gasteiger partial charge in [-0.2, -0.15) is 0 Å². The van der Waals surface area contributed by atoms with Gasteiger partial charge in [0.05, 0.1) is 10.9 Å². The van der Waals surface area contributed by atoms with Gasteiger partial charge in [-0.1, -0.05) is 6.07 Å². The Balaban J connectivity index is 2.92. The number of carboxylic acid groups (broad SMARTS) is 1. The van der Waals surface area contributed by atoms with Crippen LogP contribution in [-0.4, -0.2) is 30.2 Å². The molecule has 1 aromatic carbocycles. The summed E-state index contributed by atoms with van der Waals surface area (Å²) in [6.07, 6.45) is 1.23. The molecule has 0 saturated heterocycles. The van der Waals surface area contributed by atoms with Crippen LogP contribution in [0.3, 0.4) is 0 Å². The minimum Gasteiger partial charge on any atom is -0.477 e. The van der Waals surface area contributed by atoms with E-state index in [1.165, 1.54) is 6.20 Å². The molecule has 0 bridgehead atoms. The number of hydrogen-bond donors (Lipinski definition) is 2. The van der Waals surface area contributed by atoms with Gasteiger partial charge in [0.1, 0.15) is 5.56 Å². The summed E-state index contributed by atoms with van der Waals surface area (Å²) in [4.78, 5) is 27.6. The van der Waals surface area contributed by atoms with E-state index in [0.717, 1.165) is 0 Å². The molecule has 0 unspecified atom stereocenters. The largest absolute Gasteiger partial charge is 0.477 e. The summed E-state index contributed by atoms with van der Waals surface area (Å²) in [5.41, 5.74) is 0.625. The molecule has 0 spiro atoms. The average molecular weight is 232 g/mol. The fraction of sp³-hybridized carbons (Fsp3) is 0.167. The number of pyridine rings is 1. The number of carboxylic acids is 1. The van der Waals surface area contributed by atoms with Gasteiger partial charge < -0.3 is 15.0 Å². The third kappa shape index (κ3) is 1.75. The SMILES string of the molecule is CN(C)c1cccc2[nH]cc(C(=O)O)c(=O)c12. The summed E-state index contributed by atoms with van der Waals surface area (Å²) >= 11 is 0. The number of rotatable bonds is 2. The number of anilines is 1. The van der Waals surface area contributed by atoms with Crippen molar-refractivity contribution in [2.45, 2.75) is 0 Å². The van der Waals surface area contributed by atoms with Gasteiger partial charge in [0, 0.05) is 26.0 Å². The van der Waals surface area contributed by atoms with Crippen LogP contribution >= 0.6 is 0 Å². The first-order valence-corrected chi connectivity index (χ1v) is 5.07. The van der Waals surface area contributed by atoms with E-state index in [9.17, 15) is 9.59 Å². The molecule has 0 fully saturated rings. The predicted molar refractivity (Wildman–Crippen MR) is 65.9 cm³/mol. The molecule has 2 N–H and O–H groups in total. The Morgan fingerprint density at radius 1 is 1.35 bits per heavy atom. The second kappa shape index (κ2) is 3.93. The molecule has 0 aliphatic rings. The first-order valence-electron chi connectivity index (χ1n) is 5.07. The maximum absolute atomic E-state index is 12.1. The number of H-pyrrole nitrogens is 1. The summed E-state index contributed by atoms with van der Waals surface area (Å²) in [5.74, 6) is -1.22. The summed E-state index contributed by atoms with van der Waals surface area (Å²) in [6.45, 7) is 0. The third-order valence-electron chi connectivity index (χ3n) is 2.60. The molecule has 0 atom stereocenters. The predicted octanol–water partition coefficient (Wildman–Crippen LogP) is 1.29. The fourth-order valence-corrected chi connectivity index (χ4v) is 1.78. The van der Waals surface area contributed by atoms with Crippen LogP contribution < -0.4 is 10.3 Å². The van der Waals surface area contributed by atoms with Crippen LogP contribution in [0.2, 0.25) is 0 Å². The van der Waals surface area contributed by atoms with E-state index in [2.05, 4.69) is 4.98 Å². The van der Waals surface area contributed by atoms with E-state index in [4.69, 9.17) is 5.11 Å². The molecule has 0 saturated carbocycles. The third-order valence-corrected chi connectivity index (χ3v) is 2.60. The molecule has 0 radical (unpaired) electrons. The number of fused-ring (bicyclic) bond motifs is 1. The molecule has 0 aliphatic heterocycles. The highest BCUT2D eigenvalue weighted by Crippen LogP contribution is 2.21. The number of benzene rings is 1. The number of nitrogens with one attached hydrogen (secondary N) is 1. The zero-order valence-corrected chi connectivity index (χ0v) is 9.52. The Kier molecular flexibility index (Phi) is 2.59. The van der Waals surface area contributed by atoms with E-state index in [-0.39, 0.29) is 5.56 Å². The zero-order chi connectivity index (χ0) is 12.6. The van der Waals surface area contributed by atoms with Crippen LogP contribution in [0.4, 0.5) is 5.69 Å². The average Bonchev–Trinajstić information content (AvgIpc) is 2.28. The number of nitrogens with zero attached hydrogens (tertiary/aromatic N) is 1. The molecule has 88 valence electrons. The molecule has 5 nitrogen and oxygen atoms in total. The molecule has 1 aromatic heterocycles. The Morgan fingerprint density at radius 2 is 2.06 bits per heavy atom. The lowest BCUT2D eigenvalue weighted by Crippen LogP contribution is -2.19. The second-order valence-electron chi connectivity index (χ2n) is 3.93. The van der Waals surface area contributed by atoms with Crippen molar-refractivity contribution in [1.82, 2.24) is 4.98 Å². The molecule has 2 rings (SSSR count). The van der Waals surface area contributed by atoms with Crippen molar-refractivity contribution >= 4 is 22.6 Å². The summed E-state index contributed by atoms with van der Waals surface area (Å²) in [6, 6.07) is 5.34. The molecule has 0 amide bonds. The molecule has 5 heteroatoms. The molecule has 1 heterocycles. The Bertz CT molecular complexity index is 644. The minimum absolute atomic E-state index is 0.244. The van der Waals surface area contributed by atoms with Crippen molar-refractivity contribution in [2.75, 3.05) is 19.0 Å². The Morgan fingerprint density at radius 3 is 2.65 bits per heavy atom. The second-order valence-corrected chi connectivity index (χ2v) is 3.93. The van der Waals surface area contributed by atoms with Gasteiger partial charge in [-0.15, -0.1) is 0 Å². The number of hydrogen-bond acceptors (Lipinski definition) is 3. The van der Waals surface area contributed by atoms with E-state index >= 15 is 0 Å². The van der Waals surface area contributed by atoms with Crippen molar-refractivity contribution in [1.29, 1.82) is 0 Å². The van der Waals surface area contributed by atoms with Crippen LogP contribution in [0.1, 0.15) is 10.4 Å². The maximum Gasteiger partial charge on any atom is 0.341 e. The quantitative estimate of drug-likeness (QED) is 0.818. The smallest absolute Gasteiger partial charge is 0.341 e. The topological polar surface area (TPSA) is 73.4 Å². The molecular weight excluding hydrogens is 220 g/mol. The van der Waals surface area contributed by atoms with Gasteiger partial charge in [0.15, 0.2) is 0 Å². The highest BCUT2D eigenvalue weighted by molar-refractivity contribution is 5.97. The maximum atomic E-state index is 12.1. The summed E-state index contributed by atoms with van der Waals surface area (Å²) in [7, 11) is 3.61. The monoisotopic (exact) mass is 232 g/mol. The van der Waals surface area contributed by atoms with Gasteiger partial charge in [-0.05, 0) is 12.1 Å². The van der Waals surface area contributed by atoms with E-state index < -0.39 is 11.4 Å². The van der Waals surface area contributed by atoms with Crippen LogP contribution in [0.5, 0.6) is 0 Å². The lowest BCUT2D eigenvalue weighted by molar-refractivity contribution is 0.0695. The van der Waals surface area contributed by atoms with Gasteiger partial charge in [-0.3, -0.25) is 4.79 Å². The van der Waals surface area contributed by atoms with Gasteiger partial charge in [0.2, 0.25) is 5.43 Å². The number of aromatic carboxylic acids is 1. The van der Waals surface area contributed by atoms with E-state index in [0.29, 0.717) is 16.6 Å². The fourth-order valence-electron chi connectivity index (χ4n) is 1.78. The van der Waals surface area contributed by atoms with E-state index in [1.807, 2.05) is 20.2 Å². The van der Waals surface area contributed by atoms with Crippen molar-refractivity contribution in [3.63, 3.8) is 0 Å². The summed E-state index contributed by atoms with van der Waals surface area (Å²) in [5, 5.41) is 9.32. The molecule has 2 aromatic rings. The molecule has 0 aliphatic carbocycles. The van der Waals surface area contributed by atoms with E-state index in [1.54, 1.807) is 17.0 Å². The van der Waals surface area contributed by atoms with Crippen molar-refractivity contribution in [2.24, 2.45) is 0 Å². The summed E-state index contributed by atoms with van der Waals surface area (Å²) < 4.78 is 0. The number of carbonyl (C=O) groups is 1.